The molecular formula is C13H9ClFNO. The maximum Gasteiger partial charge on any atom is 0.170 e. The standard InChI is InChI=1S/C13H9ClFNO/c14-10-1-2-12(15)11(8-10)13(17)7-9-3-5-16-6-4-9/h1-6,8H,7H2. The average molecular weight is 250 g/mol. The van der Waals surface area contributed by atoms with Gasteiger partial charge in [0, 0.05) is 23.8 Å². The summed E-state index contributed by atoms with van der Waals surface area (Å²) in [7, 11) is 0. The molecule has 17 heavy (non-hydrogen) atoms. The highest BCUT2D eigenvalue weighted by molar-refractivity contribution is 6.31. The van der Waals surface area contributed by atoms with Gasteiger partial charge in [-0.1, -0.05) is 11.6 Å². The maximum absolute atomic E-state index is 13.4. The smallest absolute Gasteiger partial charge is 0.170 e. The van der Waals surface area contributed by atoms with Gasteiger partial charge in [0.25, 0.3) is 0 Å². The Labute approximate surface area is 103 Å². The lowest BCUT2D eigenvalue weighted by atomic mass is 10.0. The van der Waals surface area contributed by atoms with Crippen molar-refractivity contribution in [2.75, 3.05) is 0 Å². The number of rotatable bonds is 3. The van der Waals surface area contributed by atoms with E-state index in [0.29, 0.717) is 5.02 Å². The van der Waals surface area contributed by atoms with Crippen LogP contribution in [0, 0.1) is 5.82 Å². The van der Waals surface area contributed by atoms with Crippen LogP contribution in [0.4, 0.5) is 4.39 Å². The van der Waals surface area contributed by atoms with Crippen molar-refractivity contribution in [1.82, 2.24) is 4.98 Å². The van der Waals surface area contributed by atoms with E-state index in [9.17, 15) is 9.18 Å². The molecule has 0 saturated heterocycles. The Balaban J connectivity index is 2.23. The summed E-state index contributed by atoms with van der Waals surface area (Å²) in [5, 5.41) is 0.351. The molecule has 0 saturated carbocycles. The van der Waals surface area contributed by atoms with E-state index in [-0.39, 0.29) is 17.8 Å². The Kier molecular flexibility index (Phi) is 3.49. The first-order chi connectivity index (χ1) is 8.16. The van der Waals surface area contributed by atoms with E-state index in [0.717, 1.165) is 5.56 Å². The van der Waals surface area contributed by atoms with Gasteiger partial charge in [-0.05, 0) is 35.9 Å². The quantitative estimate of drug-likeness (QED) is 0.782. The fourth-order valence-corrected chi connectivity index (χ4v) is 1.66. The molecule has 2 aromatic rings. The van der Waals surface area contributed by atoms with Crippen LogP contribution < -0.4 is 0 Å². The van der Waals surface area contributed by atoms with Gasteiger partial charge >= 0.3 is 0 Å². The highest BCUT2D eigenvalue weighted by Crippen LogP contribution is 2.16. The van der Waals surface area contributed by atoms with E-state index in [4.69, 9.17) is 11.6 Å². The highest BCUT2D eigenvalue weighted by atomic mass is 35.5. The minimum absolute atomic E-state index is 0.0225. The molecule has 0 aliphatic rings. The van der Waals surface area contributed by atoms with Gasteiger partial charge < -0.3 is 0 Å². The lowest BCUT2D eigenvalue weighted by Gasteiger charge is -2.03. The molecular weight excluding hydrogens is 241 g/mol. The molecule has 0 bridgehead atoms. The molecule has 0 aliphatic heterocycles. The number of hydrogen-bond acceptors (Lipinski definition) is 2. The normalized spacial score (nSPS) is 10.2. The summed E-state index contributed by atoms with van der Waals surface area (Å²) in [5.74, 6) is -0.843. The summed E-state index contributed by atoms with van der Waals surface area (Å²) < 4.78 is 13.4. The molecule has 0 unspecified atom stereocenters. The molecule has 0 radical (unpaired) electrons. The van der Waals surface area contributed by atoms with Gasteiger partial charge in [0.2, 0.25) is 0 Å². The maximum atomic E-state index is 13.4. The van der Waals surface area contributed by atoms with E-state index in [2.05, 4.69) is 4.98 Å². The molecule has 4 heteroatoms. The van der Waals surface area contributed by atoms with Gasteiger partial charge in [0.05, 0.1) is 5.56 Å². The van der Waals surface area contributed by atoms with Gasteiger partial charge in [-0.3, -0.25) is 9.78 Å². The second kappa shape index (κ2) is 5.06. The zero-order valence-electron chi connectivity index (χ0n) is 8.86. The highest BCUT2D eigenvalue weighted by Gasteiger charge is 2.12. The summed E-state index contributed by atoms with van der Waals surface area (Å²) in [5.41, 5.74) is 0.818. The molecule has 2 rings (SSSR count). The Bertz CT molecular complexity index is 542. The Morgan fingerprint density at radius 2 is 1.94 bits per heavy atom. The number of benzene rings is 1. The molecule has 86 valence electrons. The van der Waals surface area contributed by atoms with Crippen molar-refractivity contribution in [3.05, 3.63) is 64.7 Å². The van der Waals surface area contributed by atoms with Crippen LogP contribution in [0.25, 0.3) is 0 Å². The molecule has 0 N–H and O–H groups in total. The van der Waals surface area contributed by atoms with E-state index in [1.807, 2.05) is 0 Å². The van der Waals surface area contributed by atoms with E-state index in [1.165, 1.54) is 18.2 Å². The van der Waals surface area contributed by atoms with Crippen LogP contribution in [0.3, 0.4) is 0 Å². The predicted octanol–water partition coefficient (Wildman–Crippen LogP) is 3.30. The van der Waals surface area contributed by atoms with Crippen LogP contribution in [0.5, 0.6) is 0 Å². The summed E-state index contributed by atoms with van der Waals surface area (Å²) in [6.07, 6.45) is 3.33. The number of aromatic nitrogens is 1. The summed E-state index contributed by atoms with van der Waals surface area (Å²) in [4.78, 5) is 15.7. The third-order valence-electron chi connectivity index (χ3n) is 2.34. The number of ketones is 1. The van der Waals surface area contributed by atoms with Crippen LogP contribution in [0.15, 0.2) is 42.7 Å². The van der Waals surface area contributed by atoms with Gasteiger partial charge in [-0.15, -0.1) is 0 Å². The number of hydrogen-bond donors (Lipinski definition) is 0. The second-order valence-electron chi connectivity index (χ2n) is 3.58. The van der Waals surface area contributed by atoms with Crippen molar-refractivity contribution in [2.45, 2.75) is 6.42 Å². The van der Waals surface area contributed by atoms with Crippen molar-refractivity contribution in [2.24, 2.45) is 0 Å². The van der Waals surface area contributed by atoms with Crippen LogP contribution in [-0.4, -0.2) is 10.8 Å². The third-order valence-corrected chi connectivity index (χ3v) is 2.58. The van der Waals surface area contributed by atoms with Crippen molar-refractivity contribution in [3.63, 3.8) is 0 Å². The third kappa shape index (κ3) is 2.88. The zero-order chi connectivity index (χ0) is 12.3. The zero-order valence-corrected chi connectivity index (χ0v) is 9.62. The SMILES string of the molecule is O=C(Cc1ccncc1)c1cc(Cl)ccc1F. The van der Waals surface area contributed by atoms with E-state index in [1.54, 1.807) is 24.5 Å². The van der Waals surface area contributed by atoms with Crippen molar-refractivity contribution >= 4 is 17.4 Å². The first-order valence-corrected chi connectivity index (χ1v) is 5.42. The van der Waals surface area contributed by atoms with E-state index >= 15 is 0 Å². The molecule has 0 atom stereocenters. The number of carbonyl (C=O) groups is 1. The Morgan fingerprint density at radius 1 is 1.24 bits per heavy atom. The topological polar surface area (TPSA) is 30.0 Å². The van der Waals surface area contributed by atoms with Crippen LogP contribution in [0.2, 0.25) is 5.02 Å². The molecule has 1 aromatic carbocycles. The van der Waals surface area contributed by atoms with Crippen molar-refractivity contribution < 1.29 is 9.18 Å². The molecule has 0 amide bonds. The second-order valence-corrected chi connectivity index (χ2v) is 4.02. The minimum atomic E-state index is -0.548. The van der Waals surface area contributed by atoms with Gasteiger partial charge in [0.15, 0.2) is 5.78 Å². The lowest BCUT2D eigenvalue weighted by molar-refractivity contribution is 0.0989. The number of halogens is 2. The van der Waals surface area contributed by atoms with Crippen LogP contribution >= 0.6 is 11.6 Å². The fraction of sp³-hybridized carbons (Fsp3) is 0.0769. The molecule has 1 aromatic heterocycles. The minimum Gasteiger partial charge on any atom is -0.294 e. The monoisotopic (exact) mass is 249 g/mol. The van der Waals surface area contributed by atoms with Crippen molar-refractivity contribution in [1.29, 1.82) is 0 Å². The summed E-state index contributed by atoms with van der Waals surface area (Å²) in [6.45, 7) is 0. The number of nitrogens with zero attached hydrogens (tertiary/aromatic N) is 1. The lowest BCUT2D eigenvalue weighted by Crippen LogP contribution is -2.06. The van der Waals surface area contributed by atoms with Crippen LogP contribution in [0.1, 0.15) is 15.9 Å². The first kappa shape index (κ1) is 11.7. The van der Waals surface area contributed by atoms with Crippen LogP contribution in [-0.2, 0) is 6.42 Å². The first-order valence-electron chi connectivity index (χ1n) is 5.04. The van der Waals surface area contributed by atoms with Crippen molar-refractivity contribution in [3.8, 4) is 0 Å². The van der Waals surface area contributed by atoms with Gasteiger partial charge in [-0.25, -0.2) is 4.39 Å². The fourth-order valence-electron chi connectivity index (χ4n) is 1.49. The molecule has 0 spiro atoms. The molecule has 2 nitrogen and oxygen atoms in total. The molecule has 1 heterocycles. The summed E-state index contributed by atoms with van der Waals surface area (Å²) >= 11 is 5.73. The Morgan fingerprint density at radius 3 is 2.65 bits per heavy atom. The predicted molar refractivity (Wildman–Crippen MR) is 63.7 cm³/mol. The van der Waals surface area contributed by atoms with E-state index < -0.39 is 5.82 Å². The largest absolute Gasteiger partial charge is 0.294 e. The Hall–Kier alpha value is -1.74. The number of carbonyl (C=O) groups excluding carboxylic acids is 1. The average Bonchev–Trinajstić information content (AvgIpc) is 2.33. The van der Waals surface area contributed by atoms with Gasteiger partial charge in [-0.2, -0.15) is 0 Å². The molecule has 0 aliphatic carbocycles. The molecule has 0 fully saturated rings. The van der Waals surface area contributed by atoms with Gasteiger partial charge in [0.1, 0.15) is 5.82 Å². The number of Topliss-reactive ketones (excluding diaryl/α,β-unsaturated/α-hetero) is 1. The number of pyridine rings is 1. The summed E-state index contributed by atoms with van der Waals surface area (Å²) in [6, 6.07) is 7.41.